The van der Waals surface area contributed by atoms with E-state index in [-0.39, 0.29) is 0 Å². The zero-order valence-corrected chi connectivity index (χ0v) is 15.2. The summed E-state index contributed by atoms with van der Waals surface area (Å²) in [6, 6.07) is 0. The average molecular weight is 291 g/mol. The van der Waals surface area contributed by atoms with Gasteiger partial charge in [0.05, 0.1) is 8.07 Å². The van der Waals surface area contributed by atoms with Crippen LogP contribution in [0.1, 0.15) is 64.7 Å². The van der Waals surface area contributed by atoms with E-state index in [0.717, 1.165) is 11.5 Å². The standard InChI is InChI=1S/C19H34Si/c1-5-6-11-16-14-18-13-10-8-7-9-12-17(16)15-19(18)20(2,3)4/h14-16,19H,5-13H2,1-4H3/t16-,19-/m1/s1. The maximum atomic E-state index is 2.74. The van der Waals surface area contributed by atoms with Crippen molar-refractivity contribution >= 4 is 8.07 Å². The molecule has 0 saturated carbocycles. The Balaban J connectivity index is 2.26. The maximum absolute atomic E-state index is 2.74. The lowest BCUT2D eigenvalue weighted by Crippen LogP contribution is -2.31. The summed E-state index contributed by atoms with van der Waals surface area (Å²) in [7, 11) is -1.11. The van der Waals surface area contributed by atoms with E-state index in [0.29, 0.717) is 0 Å². The Bertz CT molecular complexity index is 370. The first-order chi connectivity index (χ1) is 9.52. The third-order valence-electron chi connectivity index (χ3n) is 5.15. The molecule has 0 aliphatic heterocycles. The molecule has 0 aromatic carbocycles. The van der Waals surface area contributed by atoms with Gasteiger partial charge in [0, 0.05) is 0 Å². The van der Waals surface area contributed by atoms with Crippen LogP contribution in [-0.4, -0.2) is 8.07 Å². The molecule has 3 aliphatic carbocycles. The first kappa shape index (κ1) is 16.1. The van der Waals surface area contributed by atoms with E-state index in [1.165, 1.54) is 57.8 Å². The molecule has 0 saturated heterocycles. The van der Waals surface area contributed by atoms with Crippen molar-refractivity contribution in [1.82, 2.24) is 0 Å². The Hall–Kier alpha value is -0.303. The van der Waals surface area contributed by atoms with Gasteiger partial charge in [-0.1, -0.05) is 75.5 Å². The molecular weight excluding hydrogens is 256 g/mol. The predicted molar refractivity (Wildman–Crippen MR) is 94.0 cm³/mol. The van der Waals surface area contributed by atoms with Gasteiger partial charge >= 0.3 is 0 Å². The molecule has 0 spiro atoms. The molecule has 20 heavy (non-hydrogen) atoms. The minimum atomic E-state index is -1.11. The fourth-order valence-corrected chi connectivity index (χ4v) is 6.00. The normalized spacial score (nSPS) is 28.0. The first-order valence-corrected chi connectivity index (χ1v) is 12.5. The molecular formula is C19H34Si. The molecule has 114 valence electrons. The van der Waals surface area contributed by atoms with E-state index >= 15 is 0 Å². The smallest absolute Gasteiger partial charge is 0.0561 e. The fourth-order valence-electron chi connectivity index (χ4n) is 3.93. The average Bonchev–Trinajstić information content (AvgIpc) is 2.41. The number of fused-ring (bicyclic) bond motifs is 7. The van der Waals surface area contributed by atoms with Crippen LogP contribution < -0.4 is 0 Å². The highest BCUT2D eigenvalue weighted by Gasteiger charge is 2.32. The van der Waals surface area contributed by atoms with E-state index in [9.17, 15) is 0 Å². The van der Waals surface area contributed by atoms with E-state index in [4.69, 9.17) is 0 Å². The van der Waals surface area contributed by atoms with Gasteiger partial charge in [-0.2, -0.15) is 0 Å². The lowest BCUT2D eigenvalue weighted by atomic mass is 9.81. The molecule has 2 bridgehead atoms. The highest BCUT2D eigenvalue weighted by Crippen LogP contribution is 2.43. The zero-order valence-electron chi connectivity index (χ0n) is 14.2. The molecule has 3 aliphatic rings. The van der Waals surface area contributed by atoms with Crippen molar-refractivity contribution in [2.75, 3.05) is 0 Å². The molecule has 0 nitrogen and oxygen atoms in total. The number of hydrogen-bond acceptors (Lipinski definition) is 0. The molecule has 1 heteroatoms. The fraction of sp³-hybridized carbons (Fsp3) is 0.789. The van der Waals surface area contributed by atoms with Gasteiger partial charge in [0.1, 0.15) is 0 Å². The Kier molecular flexibility index (Phi) is 5.71. The zero-order chi connectivity index (χ0) is 14.6. The molecule has 0 N–H and O–H groups in total. The van der Waals surface area contributed by atoms with Crippen molar-refractivity contribution in [3.05, 3.63) is 23.3 Å². The van der Waals surface area contributed by atoms with E-state index in [1.54, 1.807) is 5.57 Å². The Morgan fingerprint density at radius 3 is 2.20 bits per heavy atom. The molecule has 3 rings (SSSR count). The number of unbranched alkanes of at least 4 members (excludes halogenated alkanes) is 1. The van der Waals surface area contributed by atoms with Crippen molar-refractivity contribution in [3.63, 3.8) is 0 Å². The second-order valence-electron chi connectivity index (χ2n) is 7.99. The Morgan fingerprint density at radius 1 is 0.950 bits per heavy atom. The summed E-state index contributed by atoms with van der Waals surface area (Å²) in [6.45, 7) is 9.98. The second kappa shape index (κ2) is 7.11. The third-order valence-corrected chi connectivity index (χ3v) is 7.56. The molecule has 0 amide bonds. The van der Waals surface area contributed by atoms with Gasteiger partial charge in [0.25, 0.3) is 0 Å². The minimum absolute atomic E-state index is 0.788. The Morgan fingerprint density at radius 2 is 1.60 bits per heavy atom. The SMILES string of the molecule is CCCC[C@@H]1C=C2CCCCCCC1=C[C@H]2[Si](C)(C)C. The van der Waals surface area contributed by atoms with Crippen LogP contribution in [-0.2, 0) is 0 Å². The van der Waals surface area contributed by atoms with Crippen molar-refractivity contribution in [1.29, 1.82) is 0 Å². The number of hydrogen-bond donors (Lipinski definition) is 0. The van der Waals surface area contributed by atoms with Gasteiger partial charge in [0.15, 0.2) is 0 Å². The molecule has 0 aromatic heterocycles. The van der Waals surface area contributed by atoms with Crippen LogP contribution in [0.15, 0.2) is 23.3 Å². The van der Waals surface area contributed by atoms with E-state index < -0.39 is 8.07 Å². The van der Waals surface area contributed by atoms with Gasteiger partial charge in [-0.25, -0.2) is 0 Å². The van der Waals surface area contributed by atoms with Crippen molar-refractivity contribution < 1.29 is 0 Å². The monoisotopic (exact) mass is 290 g/mol. The lowest BCUT2D eigenvalue weighted by molar-refractivity contribution is 0.542. The minimum Gasteiger partial charge on any atom is -0.0803 e. The quantitative estimate of drug-likeness (QED) is 0.398. The Labute approximate surface area is 127 Å². The van der Waals surface area contributed by atoms with Gasteiger partial charge in [-0.05, 0) is 43.6 Å². The van der Waals surface area contributed by atoms with Crippen molar-refractivity contribution in [3.8, 4) is 0 Å². The summed E-state index contributed by atoms with van der Waals surface area (Å²) in [5, 5.41) is 0. The van der Waals surface area contributed by atoms with Gasteiger partial charge < -0.3 is 0 Å². The predicted octanol–water partition coefficient (Wildman–Crippen LogP) is 6.72. The van der Waals surface area contributed by atoms with Crippen LogP contribution in [0.3, 0.4) is 0 Å². The van der Waals surface area contributed by atoms with Crippen LogP contribution in [0, 0.1) is 5.92 Å². The van der Waals surface area contributed by atoms with Gasteiger partial charge in [-0.15, -0.1) is 0 Å². The maximum Gasteiger partial charge on any atom is 0.0561 e. The molecule has 0 heterocycles. The van der Waals surface area contributed by atoms with Crippen LogP contribution in [0.25, 0.3) is 0 Å². The molecule has 2 atom stereocenters. The number of rotatable bonds is 4. The largest absolute Gasteiger partial charge is 0.0803 e. The van der Waals surface area contributed by atoms with Crippen LogP contribution in [0.4, 0.5) is 0 Å². The third kappa shape index (κ3) is 4.10. The lowest BCUT2D eigenvalue weighted by Gasteiger charge is -2.36. The molecule has 0 radical (unpaired) electrons. The highest BCUT2D eigenvalue weighted by molar-refractivity contribution is 6.78. The summed E-state index contributed by atoms with van der Waals surface area (Å²) in [6.07, 6.45) is 18.1. The highest BCUT2D eigenvalue weighted by atomic mass is 28.3. The van der Waals surface area contributed by atoms with Crippen LogP contribution in [0.2, 0.25) is 25.2 Å². The van der Waals surface area contributed by atoms with E-state index in [1.807, 2.05) is 5.57 Å². The summed E-state index contributed by atoms with van der Waals surface area (Å²) < 4.78 is 0. The van der Waals surface area contributed by atoms with Crippen LogP contribution >= 0.6 is 0 Å². The summed E-state index contributed by atoms with van der Waals surface area (Å²) in [5.74, 6) is 0.788. The summed E-state index contributed by atoms with van der Waals surface area (Å²) in [5.41, 5.74) is 4.45. The van der Waals surface area contributed by atoms with Crippen molar-refractivity contribution in [2.45, 2.75) is 89.9 Å². The van der Waals surface area contributed by atoms with Gasteiger partial charge in [0.2, 0.25) is 0 Å². The summed E-state index contributed by atoms with van der Waals surface area (Å²) in [4.78, 5) is 0. The second-order valence-corrected chi connectivity index (χ2v) is 13.3. The molecule has 0 aromatic rings. The first-order valence-electron chi connectivity index (χ1n) is 8.93. The molecule has 0 unspecified atom stereocenters. The topological polar surface area (TPSA) is 0 Å². The van der Waals surface area contributed by atoms with E-state index in [2.05, 4.69) is 38.7 Å². The van der Waals surface area contributed by atoms with Crippen molar-refractivity contribution in [2.24, 2.45) is 5.92 Å². The van der Waals surface area contributed by atoms with Gasteiger partial charge in [-0.3, -0.25) is 0 Å². The van der Waals surface area contributed by atoms with Crippen LogP contribution in [0.5, 0.6) is 0 Å². The summed E-state index contributed by atoms with van der Waals surface area (Å²) >= 11 is 0. The number of allylic oxidation sites excluding steroid dienone is 4. The molecule has 0 fully saturated rings.